The first kappa shape index (κ1) is 15.3. The summed E-state index contributed by atoms with van der Waals surface area (Å²) >= 11 is 1.47. The van der Waals surface area contributed by atoms with Gasteiger partial charge in [-0.3, -0.25) is 4.79 Å². The number of hydrogen-bond donors (Lipinski definition) is 2. The van der Waals surface area contributed by atoms with Gasteiger partial charge in [0, 0.05) is 23.2 Å². The fraction of sp³-hybridized carbons (Fsp3) is 0.467. The number of carboxylic acid groups (broad SMARTS) is 1. The summed E-state index contributed by atoms with van der Waals surface area (Å²) in [7, 11) is 0. The predicted octanol–water partition coefficient (Wildman–Crippen LogP) is 2.14. The van der Waals surface area contributed by atoms with Crippen molar-refractivity contribution in [3.63, 3.8) is 0 Å². The molecule has 3 rings (SSSR count). The lowest BCUT2D eigenvalue weighted by atomic mass is 9.98. The highest BCUT2D eigenvalue weighted by atomic mass is 32.2. The van der Waals surface area contributed by atoms with E-state index in [2.05, 4.69) is 5.32 Å². The number of rotatable bonds is 4. The quantitative estimate of drug-likeness (QED) is 0.889. The number of hydrogen-bond acceptors (Lipinski definition) is 3. The van der Waals surface area contributed by atoms with Crippen LogP contribution < -0.4 is 5.32 Å². The SMILES string of the molecule is O=C(NC1(C(=O)O)CCSC1)C1CC1c1c(F)cccc1F. The molecule has 1 aliphatic carbocycles. The van der Waals surface area contributed by atoms with Crippen molar-refractivity contribution < 1.29 is 23.5 Å². The number of carbonyl (C=O) groups excluding carboxylic acids is 1. The number of carbonyl (C=O) groups is 2. The molecule has 0 aromatic heterocycles. The molecule has 1 aliphatic heterocycles. The van der Waals surface area contributed by atoms with Crippen molar-refractivity contribution in [1.82, 2.24) is 5.32 Å². The zero-order chi connectivity index (χ0) is 15.9. The lowest BCUT2D eigenvalue weighted by Gasteiger charge is -2.24. The second-order valence-electron chi connectivity index (χ2n) is 5.76. The van der Waals surface area contributed by atoms with Crippen LogP contribution in [0.4, 0.5) is 8.78 Å². The van der Waals surface area contributed by atoms with Crippen LogP contribution in [0.3, 0.4) is 0 Å². The molecule has 0 bridgehead atoms. The van der Waals surface area contributed by atoms with Gasteiger partial charge in [0.25, 0.3) is 0 Å². The third kappa shape index (κ3) is 2.58. The molecule has 2 aliphatic rings. The second-order valence-corrected chi connectivity index (χ2v) is 6.87. The molecular formula is C15H15F2NO3S. The number of amides is 1. The van der Waals surface area contributed by atoms with E-state index in [0.717, 1.165) is 12.1 Å². The number of nitrogens with one attached hydrogen (secondary N) is 1. The molecule has 1 aromatic carbocycles. The van der Waals surface area contributed by atoms with Gasteiger partial charge in [0.05, 0.1) is 0 Å². The van der Waals surface area contributed by atoms with E-state index in [-0.39, 0.29) is 5.56 Å². The van der Waals surface area contributed by atoms with Crippen molar-refractivity contribution in [2.75, 3.05) is 11.5 Å². The molecule has 22 heavy (non-hydrogen) atoms. The van der Waals surface area contributed by atoms with E-state index in [1.165, 1.54) is 17.8 Å². The molecule has 2 N–H and O–H groups in total. The Hall–Kier alpha value is -1.63. The third-order valence-corrected chi connectivity index (χ3v) is 5.48. The summed E-state index contributed by atoms with van der Waals surface area (Å²) in [6.07, 6.45) is 0.705. The summed E-state index contributed by atoms with van der Waals surface area (Å²) in [4.78, 5) is 23.7. The van der Waals surface area contributed by atoms with Gasteiger partial charge in [0.15, 0.2) is 0 Å². The molecule has 0 radical (unpaired) electrons. The summed E-state index contributed by atoms with van der Waals surface area (Å²) < 4.78 is 27.4. The van der Waals surface area contributed by atoms with Gasteiger partial charge in [0.1, 0.15) is 17.2 Å². The Morgan fingerprint density at radius 2 is 2.00 bits per heavy atom. The normalized spacial score (nSPS) is 30.1. The van der Waals surface area contributed by atoms with Gasteiger partial charge in [0.2, 0.25) is 5.91 Å². The zero-order valence-corrected chi connectivity index (χ0v) is 12.5. The standard InChI is InChI=1S/C15H15F2NO3S/c16-10-2-1-3-11(17)12(10)8-6-9(8)13(19)18-15(14(20)21)4-5-22-7-15/h1-3,8-9H,4-7H2,(H,18,19)(H,20,21). The van der Waals surface area contributed by atoms with E-state index in [1.54, 1.807) is 0 Å². The topological polar surface area (TPSA) is 66.4 Å². The van der Waals surface area contributed by atoms with E-state index in [1.807, 2.05) is 0 Å². The number of aliphatic carboxylic acids is 1. The van der Waals surface area contributed by atoms with E-state index in [9.17, 15) is 23.5 Å². The molecule has 1 saturated heterocycles. The number of halogens is 2. The Balaban J connectivity index is 1.72. The van der Waals surface area contributed by atoms with Crippen molar-refractivity contribution in [1.29, 1.82) is 0 Å². The van der Waals surface area contributed by atoms with Gasteiger partial charge in [-0.2, -0.15) is 11.8 Å². The summed E-state index contributed by atoms with van der Waals surface area (Å²) in [6.45, 7) is 0. The fourth-order valence-electron chi connectivity index (χ4n) is 2.88. The minimum Gasteiger partial charge on any atom is -0.479 e. The van der Waals surface area contributed by atoms with Crippen LogP contribution in [0.1, 0.15) is 24.3 Å². The highest BCUT2D eigenvalue weighted by Crippen LogP contribution is 2.49. The van der Waals surface area contributed by atoms with Crippen molar-refractivity contribution in [2.24, 2.45) is 5.92 Å². The molecule has 0 spiro atoms. The second kappa shape index (κ2) is 5.53. The van der Waals surface area contributed by atoms with Gasteiger partial charge < -0.3 is 10.4 Å². The molecule has 118 valence electrons. The maximum atomic E-state index is 13.7. The van der Waals surface area contributed by atoms with Crippen LogP contribution in [0.15, 0.2) is 18.2 Å². The highest BCUT2D eigenvalue weighted by molar-refractivity contribution is 7.99. The van der Waals surface area contributed by atoms with Crippen LogP contribution in [0.2, 0.25) is 0 Å². The molecule has 1 heterocycles. The first-order chi connectivity index (χ1) is 10.4. The monoisotopic (exact) mass is 327 g/mol. The van der Waals surface area contributed by atoms with Crippen molar-refractivity contribution in [3.8, 4) is 0 Å². The molecule has 3 unspecified atom stereocenters. The Bertz CT molecular complexity index is 611. The largest absolute Gasteiger partial charge is 0.479 e. The van der Waals surface area contributed by atoms with E-state index in [4.69, 9.17) is 0 Å². The minimum absolute atomic E-state index is 0.0761. The van der Waals surface area contributed by atoms with Gasteiger partial charge >= 0.3 is 5.97 Å². The Morgan fingerprint density at radius 3 is 2.55 bits per heavy atom. The highest BCUT2D eigenvalue weighted by Gasteiger charge is 2.51. The lowest BCUT2D eigenvalue weighted by molar-refractivity contribution is -0.146. The van der Waals surface area contributed by atoms with Crippen molar-refractivity contribution in [2.45, 2.75) is 24.3 Å². The Labute approximate surface area is 130 Å². The average Bonchev–Trinajstić information content (AvgIpc) is 3.09. The minimum atomic E-state index is -1.25. The molecule has 1 aromatic rings. The molecule has 1 saturated carbocycles. The first-order valence-electron chi connectivity index (χ1n) is 7.02. The van der Waals surface area contributed by atoms with Crippen LogP contribution >= 0.6 is 11.8 Å². The van der Waals surface area contributed by atoms with E-state index in [0.29, 0.717) is 24.3 Å². The third-order valence-electron chi connectivity index (χ3n) is 4.29. The van der Waals surface area contributed by atoms with Crippen molar-refractivity contribution in [3.05, 3.63) is 35.4 Å². The van der Waals surface area contributed by atoms with E-state index >= 15 is 0 Å². The Kier molecular flexibility index (Phi) is 3.84. The maximum absolute atomic E-state index is 13.7. The van der Waals surface area contributed by atoms with Gasteiger partial charge in [-0.05, 0) is 30.7 Å². The molecular weight excluding hydrogens is 312 g/mol. The summed E-state index contributed by atoms with van der Waals surface area (Å²) in [5.74, 6) is -2.90. The van der Waals surface area contributed by atoms with Crippen LogP contribution in [-0.4, -0.2) is 34.0 Å². The van der Waals surface area contributed by atoms with Crippen LogP contribution in [0.5, 0.6) is 0 Å². The molecule has 1 amide bonds. The van der Waals surface area contributed by atoms with Crippen LogP contribution in [0, 0.1) is 17.6 Å². The maximum Gasteiger partial charge on any atom is 0.330 e. The average molecular weight is 327 g/mol. The van der Waals surface area contributed by atoms with Crippen LogP contribution in [0.25, 0.3) is 0 Å². The summed E-state index contributed by atoms with van der Waals surface area (Å²) in [5.41, 5.74) is -1.32. The molecule has 4 nitrogen and oxygen atoms in total. The summed E-state index contributed by atoms with van der Waals surface area (Å²) in [5, 5.41) is 11.9. The lowest BCUT2D eigenvalue weighted by Crippen LogP contribution is -2.55. The molecule has 7 heteroatoms. The van der Waals surface area contributed by atoms with Crippen LogP contribution in [-0.2, 0) is 9.59 Å². The van der Waals surface area contributed by atoms with Gasteiger partial charge in [-0.15, -0.1) is 0 Å². The van der Waals surface area contributed by atoms with Gasteiger partial charge in [-0.25, -0.2) is 13.6 Å². The Morgan fingerprint density at radius 1 is 1.32 bits per heavy atom. The smallest absolute Gasteiger partial charge is 0.330 e. The fourth-order valence-corrected chi connectivity index (χ4v) is 4.21. The summed E-state index contributed by atoms with van der Waals surface area (Å²) in [6, 6.07) is 3.61. The number of benzene rings is 1. The number of thioether (sulfide) groups is 1. The molecule has 2 fully saturated rings. The first-order valence-corrected chi connectivity index (χ1v) is 8.17. The predicted molar refractivity (Wildman–Crippen MR) is 77.7 cm³/mol. The molecule has 3 atom stereocenters. The zero-order valence-electron chi connectivity index (χ0n) is 11.6. The number of carboxylic acids is 1. The van der Waals surface area contributed by atoms with Crippen molar-refractivity contribution >= 4 is 23.6 Å². The van der Waals surface area contributed by atoms with E-state index < -0.39 is 40.9 Å². The van der Waals surface area contributed by atoms with Gasteiger partial charge in [-0.1, -0.05) is 6.07 Å².